The van der Waals surface area contributed by atoms with Crippen LogP contribution in [-0.4, -0.2) is 115 Å². The van der Waals surface area contributed by atoms with E-state index in [4.69, 9.17) is 24.4 Å². The van der Waals surface area contributed by atoms with Crippen molar-refractivity contribution in [3.63, 3.8) is 0 Å². The Morgan fingerprint density at radius 3 is 1.87 bits per heavy atom. The minimum absolute atomic E-state index is 0.669. The second-order valence-electron chi connectivity index (χ2n) is 5.56. The first-order valence-corrected chi connectivity index (χ1v) is 7.05. The fraction of sp³-hybridized carbons (Fsp3) is 1.00. The minimum atomic E-state index is -2.22. The van der Waals surface area contributed by atoms with E-state index >= 15 is 0 Å². The first-order valence-electron chi connectivity index (χ1n) is 7.05. The van der Waals surface area contributed by atoms with Crippen LogP contribution in [0.5, 0.6) is 0 Å². The van der Waals surface area contributed by atoms with Crippen LogP contribution in [0.3, 0.4) is 0 Å². The van der Waals surface area contributed by atoms with Gasteiger partial charge in [-0.2, -0.15) is 0 Å². The van der Waals surface area contributed by atoms with Gasteiger partial charge < -0.3 is 55.1 Å². The van der Waals surface area contributed by atoms with Crippen molar-refractivity contribution >= 4 is 0 Å². The molecule has 2 rings (SSSR count). The first-order chi connectivity index (χ1) is 10.8. The molecule has 0 aromatic carbocycles. The highest BCUT2D eigenvalue weighted by Gasteiger charge is 2.58. The average Bonchev–Trinajstić information content (AvgIpc) is 2.80. The molecule has 9 atom stereocenters. The summed E-state index contributed by atoms with van der Waals surface area (Å²) >= 11 is 0. The fourth-order valence-corrected chi connectivity index (χ4v) is 2.63. The van der Waals surface area contributed by atoms with Gasteiger partial charge in [0, 0.05) is 0 Å². The summed E-state index contributed by atoms with van der Waals surface area (Å²) in [5.41, 5.74) is 0. The van der Waals surface area contributed by atoms with Gasteiger partial charge >= 0.3 is 0 Å². The lowest BCUT2D eigenvalue weighted by atomic mass is 10.0. The molecule has 0 saturated carbocycles. The summed E-state index contributed by atoms with van der Waals surface area (Å²) in [5.74, 6) is -2.22. The molecule has 0 bridgehead atoms. The molecule has 0 aromatic heterocycles. The summed E-state index contributed by atoms with van der Waals surface area (Å²) in [4.78, 5) is 0. The van der Waals surface area contributed by atoms with Gasteiger partial charge in [-0.25, -0.2) is 0 Å². The van der Waals surface area contributed by atoms with Crippen LogP contribution in [-0.2, 0) is 14.2 Å². The molecule has 11 nitrogen and oxygen atoms in total. The normalized spacial score (nSPS) is 51.1. The molecule has 0 radical (unpaired) electrons. The lowest BCUT2D eigenvalue weighted by Crippen LogP contribution is -2.62. The first kappa shape index (κ1) is 18.9. The third-order valence-electron chi connectivity index (χ3n) is 4.07. The van der Waals surface area contributed by atoms with Crippen molar-refractivity contribution in [2.45, 2.75) is 54.8 Å². The lowest BCUT2D eigenvalue weighted by Gasteiger charge is -2.43. The number of hydrogen-bond acceptors (Lipinski definition) is 11. The van der Waals surface area contributed by atoms with E-state index in [9.17, 15) is 30.6 Å². The Balaban J connectivity index is 2.18. The Bertz CT molecular complexity index is 393. The Labute approximate surface area is 130 Å². The van der Waals surface area contributed by atoms with Crippen LogP contribution in [0.4, 0.5) is 0 Å². The fourth-order valence-electron chi connectivity index (χ4n) is 2.63. The van der Waals surface area contributed by atoms with Crippen LogP contribution in [0.2, 0.25) is 0 Å². The van der Waals surface area contributed by atoms with E-state index in [0.29, 0.717) is 0 Å². The molecule has 8 unspecified atom stereocenters. The Hall–Kier alpha value is -0.440. The van der Waals surface area contributed by atoms with Crippen molar-refractivity contribution in [3.05, 3.63) is 0 Å². The second kappa shape index (κ2) is 7.21. The van der Waals surface area contributed by atoms with Gasteiger partial charge in [-0.3, -0.25) is 0 Å². The van der Waals surface area contributed by atoms with E-state index in [1.165, 1.54) is 0 Å². The maximum atomic E-state index is 10.00. The largest absolute Gasteiger partial charge is 0.394 e. The van der Waals surface area contributed by atoms with Crippen LogP contribution in [0, 0.1) is 0 Å². The molecular weight excluding hydrogens is 326 g/mol. The van der Waals surface area contributed by atoms with E-state index in [1.54, 1.807) is 0 Å². The van der Waals surface area contributed by atoms with Crippen molar-refractivity contribution in [2.24, 2.45) is 0 Å². The Morgan fingerprint density at radius 2 is 1.39 bits per heavy atom. The molecule has 136 valence electrons. The third-order valence-corrected chi connectivity index (χ3v) is 4.07. The highest BCUT2D eigenvalue weighted by Crippen LogP contribution is 2.35. The van der Waals surface area contributed by atoms with Gasteiger partial charge in [0.15, 0.2) is 6.29 Å². The standard InChI is InChI=1S/C12H22O11/c13-1-4-6(16)8(18)9(19)11(21-4)23-12(3-15)10(20)7(17)5(2-14)22-12/h4-11,13-20H,1-3H2/t4?,5?,6?,7?,8?,9?,10?,11?,12-/m0/s1/i1+2,2+2,3+2. The van der Waals surface area contributed by atoms with Gasteiger partial charge in [-0.05, 0) is 0 Å². The molecule has 2 saturated heterocycles. The SMILES string of the molecule is O[14CH2]C1OC(O[C@]2([14CH2]O)OC([14CH2]O)C(O)C2O)C(O)C(O)C1O. The number of hydrogen-bond donors (Lipinski definition) is 8. The molecule has 0 aliphatic carbocycles. The van der Waals surface area contributed by atoms with Crippen molar-refractivity contribution in [1.29, 1.82) is 0 Å². The maximum absolute atomic E-state index is 10.00. The van der Waals surface area contributed by atoms with Crippen molar-refractivity contribution in [2.75, 3.05) is 19.8 Å². The van der Waals surface area contributed by atoms with Crippen molar-refractivity contribution in [3.8, 4) is 0 Å². The maximum Gasteiger partial charge on any atom is 0.224 e. The van der Waals surface area contributed by atoms with E-state index in [-0.39, 0.29) is 0 Å². The van der Waals surface area contributed by atoms with E-state index < -0.39 is 74.6 Å². The zero-order valence-electron chi connectivity index (χ0n) is 12.0. The van der Waals surface area contributed by atoms with Gasteiger partial charge in [0.2, 0.25) is 5.79 Å². The van der Waals surface area contributed by atoms with Gasteiger partial charge in [0.05, 0.1) is 13.2 Å². The molecule has 0 spiro atoms. The molecule has 0 aromatic rings. The van der Waals surface area contributed by atoms with Gasteiger partial charge in [-0.1, -0.05) is 0 Å². The molecule has 2 aliphatic heterocycles. The molecule has 23 heavy (non-hydrogen) atoms. The minimum Gasteiger partial charge on any atom is -0.394 e. The Morgan fingerprint density at radius 1 is 0.783 bits per heavy atom. The van der Waals surface area contributed by atoms with Crippen LogP contribution in [0.1, 0.15) is 0 Å². The van der Waals surface area contributed by atoms with Gasteiger partial charge in [0.1, 0.15) is 49.3 Å². The Kier molecular flexibility index (Phi) is 5.92. The summed E-state index contributed by atoms with van der Waals surface area (Å²) < 4.78 is 15.4. The zero-order valence-corrected chi connectivity index (χ0v) is 12.0. The third kappa shape index (κ3) is 3.23. The summed E-state index contributed by atoms with van der Waals surface area (Å²) in [6, 6.07) is 0. The smallest absolute Gasteiger partial charge is 0.224 e. The molecule has 2 heterocycles. The van der Waals surface area contributed by atoms with Gasteiger partial charge in [-0.15, -0.1) is 0 Å². The second-order valence-corrected chi connectivity index (χ2v) is 5.56. The summed E-state index contributed by atoms with van der Waals surface area (Å²) in [6.45, 7) is -2.32. The predicted octanol–water partition coefficient (Wildman–Crippen LogP) is -5.40. The molecule has 2 fully saturated rings. The molecular formula is C12H22O11. The van der Waals surface area contributed by atoms with Gasteiger partial charge in [0.25, 0.3) is 0 Å². The number of aliphatic hydroxyl groups excluding tert-OH is 8. The van der Waals surface area contributed by atoms with Crippen LogP contribution < -0.4 is 0 Å². The van der Waals surface area contributed by atoms with Crippen LogP contribution >= 0.6 is 0 Å². The quantitative estimate of drug-likeness (QED) is 0.237. The summed E-state index contributed by atoms with van der Waals surface area (Å²) in [7, 11) is 0. The highest BCUT2D eigenvalue weighted by molar-refractivity contribution is 4.98. The van der Waals surface area contributed by atoms with E-state index in [0.717, 1.165) is 0 Å². The topological polar surface area (TPSA) is 190 Å². The zero-order chi connectivity index (χ0) is 17.4. The number of ether oxygens (including phenoxy) is 3. The molecule has 11 heteroatoms. The van der Waals surface area contributed by atoms with E-state index in [1.807, 2.05) is 0 Å². The van der Waals surface area contributed by atoms with E-state index in [2.05, 4.69) is 0 Å². The number of rotatable bonds is 5. The van der Waals surface area contributed by atoms with Crippen LogP contribution in [0.25, 0.3) is 0 Å². The van der Waals surface area contributed by atoms with Crippen molar-refractivity contribution < 1.29 is 55.1 Å². The molecule has 8 N–H and O–H groups in total. The predicted molar refractivity (Wildman–Crippen MR) is 68.6 cm³/mol. The monoisotopic (exact) mass is 348 g/mol. The average molecular weight is 348 g/mol. The summed E-state index contributed by atoms with van der Waals surface area (Å²) in [5, 5.41) is 76.7. The number of aliphatic hydroxyl groups is 8. The molecule has 2 aliphatic rings. The molecule has 0 amide bonds. The van der Waals surface area contributed by atoms with Crippen LogP contribution in [0.15, 0.2) is 0 Å². The lowest BCUT2D eigenvalue weighted by molar-refractivity contribution is -0.383. The van der Waals surface area contributed by atoms with Crippen molar-refractivity contribution in [1.82, 2.24) is 0 Å². The summed E-state index contributed by atoms with van der Waals surface area (Å²) in [6.07, 6.45) is -12.7. The highest BCUT2D eigenvalue weighted by atomic mass is 16.8.